The van der Waals surface area contributed by atoms with Crippen LogP contribution in [0, 0.1) is 5.92 Å². The number of carbonyl (C=O) groups is 2. The van der Waals surface area contributed by atoms with Crippen LogP contribution >= 0.6 is 12.4 Å². The Morgan fingerprint density at radius 2 is 1.57 bits per heavy atom. The number of carbonyl (C=O) groups excluding carboxylic acids is 2. The van der Waals surface area contributed by atoms with E-state index in [0.717, 1.165) is 57.2 Å². The number of halogens is 1. The fourth-order valence-corrected chi connectivity index (χ4v) is 5.25. The van der Waals surface area contributed by atoms with E-state index in [1.807, 2.05) is 30.3 Å². The minimum Gasteiger partial charge on any atom is -0.465 e. The highest BCUT2D eigenvalue weighted by Crippen LogP contribution is 2.29. The van der Waals surface area contributed by atoms with E-state index in [-0.39, 0.29) is 30.3 Å². The van der Waals surface area contributed by atoms with Gasteiger partial charge < -0.3 is 15.4 Å². The van der Waals surface area contributed by atoms with Crippen LogP contribution in [0.25, 0.3) is 0 Å². The van der Waals surface area contributed by atoms with Crippen molar-refractivity contribution < 1.29 is 14.3 Å². The summed E-state index contributed by atoms with van der Waals surface area (Å²) in [4.78, 5) is 24.8. The van der Waals surface area contributed by atoms with Gasteiger partial charge in [-0.05, 0) is 93.1 Å². The minimum absolute atomic E-state index is 0. The van der Waals surface area contributed by atoms with Gasteiger partial charge in [0.15, 0.2) is 0 Å². The number of hydrogen-bond donors (Lipinski definition) is 2. The fourth-order valence-electron chi connectivity index (χ4n) is 5.25. The van der Waals surface area contributed by atoms with E-state index in [1.165, 1.54) is 24.0 Å². The third-order valence-corrected chi connectivity index (χ3v) is 7.42. The lowest BCUT2D eigenvalue weighted by Crippen LogP contribution is -2.37. The summed E-state index contributed by atoms with van der Waals surface area (Å²) in [5.41, 5.74) is 3.28. The van der Waals surface area contributed by atoms with Gasteiger partial charge in [-0.25, -0.2) is 0 Å². The average Bonchev–Trinajstić information content (AvgIpc) is 2.89. The van der Waals surface area contributed by atoms with Gasteiger partial charge in [-0.1, -0.05) is 42.5 Å². The van der Waals surface area contributed by atoms with Crippen LogP contribution in [-0.2, 0) is 16.0 Å². The molecule has 2 aliphatic rings. The van der Waals surface area contributed by atoms with Crippen molar-refractivity contribution in [3.05, 3.63) is 71.3 Å². The zero-order chi connectivity index (χ0) is 23.6. The maximum absolute atomic E-state index is 12.7. The second kappa shape index (κ2) is 14.3. The zero-order valence-electron chi connectivity index (χ0n) is 20.5. The van der Waals surface area contributed by atoms with Crippen molar-refractivity contribution in [1.29, 1.82) is 0 Å². The van der Waals surface area contributed by atoms with Crippen molar-refractivity contribution in [2.45, 2.75) is 69.7 Å². The number of amides is 1. The molecular weight excluding hydrogens is 460 g/mol. The van der Waals surface area contributed by atoms with Gasteiger partial charge in [0.1, 0.15) is 0 Å². The largest absolute Gasteiger partial charge is 0.465 e. The Bertz CT molecular complexity index is 905. The van der Waals surface area contributed by atoms with E-state index in [2.05, 4.69) is 34.9 Å². The van der Waals surface area contributed by atoms with Crippen LogP contribution in [0.4, 0.5) is 0 Å². The van der Waals surface area contributed by atoms with Crippen LogP contribution in [0.1, 0.15) is 78.8 Å². The summed E-state index contributed by atoms with van der Waals surface area (Å²) in [7, 11) is 0. The molecule has 190 valence electrons. The summed E-state index contributed by atoms with van der Waals surface area (Å²) in [6.45, 7) is 2.59. The van der Waals surface area contributed by atoms with Crippen molar-refractivity contribution in [1.82, 2.24) is 10.6 Å². The molecule has 2 fully saturated rings. The minimum atomic E-state index is -0.0979. The van der Waals surface area contributed by atoms with Crippen LogP contribution in [-0.4, -0.2) is 37.6 Å². The van der Waals surface area contributed by atoms with E-state index in [0.29, 0.717) is 24.9 Å². The van der Waals surface area contributed by atoms with Crippen LogP contribution in [0.15, 0.2) is 54.6 Å². The number of hydrogen-bond acceptors (Lipinski definition) is 4. The molecule has 6 heteroatoms. The Balaban J connectivity index is 0.00000342. The smallest absolute Gasteiger partial charge is 0.305 e. The first kappa shape index (κ1) is 27.2. The zero-order valence-corrected chi connectivity index (χ0v) is 21.4. The van der Waals surface area contributed by atoms with Crippen molar-refractivity contribution in [2.75, 3.05) is 19.7 Å². The molecule has 2 aromatic rings. The third kappa shape index (κ3) is 8.66. The van der Waals surface area contributed by atoms with E-state index in [4.69, 9.17) is 4.74 Å². The highest BCUT2D eigenvalue weighted by atomic mass is 35.5. The van der Waals surface area contributed by atoms with Gasteiger partial charge in [-0.2, -0.15) is 0 Å². The molecule has 1 aliphatic carbocycles. The number of piperidine rings is 1. The van der Waals surface area contributed by atoms with Gasteiger partial charge in [-0.15, -0.1) is 12.4 Å². The maximum Gasteiger partial charge on any atom is 0.305 e. The van der Waals surface area contributed by atoms with Gasteiger partial charge in [0.05, 0.1) is 6.61 Å². The Morgan fingerprint density at radius 3 is 2.26 bits per heavy atom. The van der Waals surface area contributed by atoms with Crippen LogP contribution in [0.5, 0.6) is 0 Å². The molecule has 35 heavy (non-hydrogen) atoms. The summed E-state index contributed by atoms with van der Waals surface area (Å²) in [5.74, 6) is 1.08. The molecule has 1 heterocycles. The quantitative estimate of drug-likeness (QED) is 0.452. The predicted molar refractivity (Wildman–Crippen MR) is 142 cm³/mol. The monoisotopic (exact) mass is 498 g/mol. The SMILES string of the molecule is Cl.O=C(CC[C@H]1CC[C@H](NC(=O)c2ccc(C3CCNCC3)cc2)CC1)OCCc1ccccc1. The van der Waals surface area contributed by atoms with E-state index >= 15 is 0 Å². The van der Waals surface area contributed by atoms with Crippen LogP contribution in [0.3, 0.4) is 0 Å². The average molecular weight is 499 g/mol. The third-order valence-electron chi connectivity index (χ3n) is 7.42. The molecule has 1 saturated carbocycles. The van der Waals surface area contributed by atoms with E-state index in [1.54, 1.807) is 0 Å². The molecule has 0 unspecified atom stereocenters. The normalized spacial score (nSPS) is 20.5. The molecule has 1 amide bonds. The highest BCUT2D eigenvalue weighted by Gasteiger charge is 2.24. The van der Waals surface area contributed by atoms with Gasteiger partial charge in [0.2, 0.25) is 0 Å². The lowest BCUT2D eigenvalue weighted by molar-refractivity contribution is -0.143. The van der Waals surface area contributed by atoms with Crippen LogP contribution in [0.2, 0.25) is 0 Å². The topological polar surface area (TPSA) is 67.4 Å². The highest BCUT2D eigenvalue weighted by molar-refractivity contribution is 5.94. The number of rotatable bonds is 9. The second-order valence-electron chi connectivity index (χ2n) is 9.83. The first-order valence-electron chi connectivity index (χ1n) is 13.0. The Hall–Kier alpha value is -2.37. The van der Waals surface area contributed by atoms with Gasteiger partial charge in [0.25, 0.3) is 5.91 Å². The molecule has 1 aliphatic heterocycles. The Labute approximate surface area is 215 Å². The van der Waals surface area contributed by atoms with Gasteiger partial charge in [-0.3, -0.25) is 9.59 Å². The Kier molecular flexibility index (Phi) is 11.1. The summed E-state index contributed by atoms with van der Waals surface area (Å²) < 4.78 is 5.41. The molecular formula is C29H39ClN2O3. The van der Waals surface area contributed by atoms with Crippen molar-refractivity contribution >= 4 is 24.3 Å². The molecule has 1 saturated heterocycles. The fraction of sp³-hybridized carbons (Fsp3) is 0.517. The standard InChI is InChI=1S/C29H38N2O3.ClH/c32-28(34-21-18-22-4-2-1-3-5-22)15-8-23-6-13-27(14-7-23)31-29(33)26-11-9-24(10-12-26)25-16-19-30-20-17-25;/h1-5,9-12,23,25,27,30H,6-8,13-21H2,(H,31,33);1H/t23-,27-;. The lowest BCUT2D eigenvalue weighted by Gasteiger charge is -2.29. The molecule has 0 atom stereocenters. The number of esters is 1. The first-order chi connectivity index (χ1) is 16.7. The Morgan fingerprint density at radius 1 is 0.886 bits per heavy atom. The summed E-state index contributed by atoms with van der Waals surface area (Å²) in [6, 6.07) is 18.5. The van der Waals surface area contributed by atoms with E-state index in [9.17, 15) is 9.59 Å². The van der Waals surface area contributed by atoms with Crippen molar-refractivity contribution in [3.8, 4) is 0 Å². The summed E-state index contributed by atoms with van der Waals surface area (Å²) in [6.07, 6.45) is 8.52. The maximum atomic E-state index is 12.7. The van der Waals surface area contributed by atoms with Crippen molar-refractivity contribution in [2.24, 2.45) is 5.92 Å². The first-order valence-corrected chi connectivity index (χ1v) is 13.0. The predicted octanol–water partition coefficient (Wildman–Crippen LogP) is 5.43. The molecule has 0 aromatic heterocycles. The molecule has 0 spiro atoms. The van der Waals surface area contributed by atoms with Gasteiger partial charge in [0, 0.05) is 24.4 Å². The molecule has 5 nitrogen and oxygen atoms in total. The van der Waals surface area contributed by atoms with Crippen molar-refractivity contribution in [3.63, 3.8) is 0 Å². The molecule has 2 aromatic carbocycles. The number of nitrogens with one attached hydrogen (secondary N) is 2. The lowest BCUT2D eigenvalue weighted by atomic mass is 9.83. The number of benzene rings is 2. The van der Waals surface area contributed by atoms with Crippen LogP contribution < -0.4 is 10.6 Å². The molecule has 2 N–H and O–H groups in total. The second-order valence-corrected chi connectivity index (χ2v) is 9.83. The summed E-state index contributed by atoms with van der Waals surface area (Å²) in [5, 5.41) is 6.63. The van der Waals surface area contributed by atoms with E-state index < -0.39 is 0 Å². The van der Waals surface area contributed by atoms with Gasteiger partial charge >= 0.3 is 5.97 Å². The molecule has 4 rings (SSSR count). The molecule has 0 radical (unpaired) electrons. The molecule has 0 bridgehead atoms. The number of ether oxygens (including phenoxy) is 1. The summed E-state index contributed by atoms with van der Waals surface area (Å²) >= 11 is 0.